The third-order valence-electron chi connectivity index (χ3n) is 10.2. The van der Waals surface area contributed by atoms with Gasteiger partial charge in [-0.1, -0.05) is 26.8 Å². The first-order valence-electron chi connectivity index (χ1n) is 12.9. The summed E-state index contributed by atoms with van der Waals surface area (Å²) in [4.78, 5) is 0. The maximum atomic E-state index is 12.0. The number of aliphatic hydroxyl groups is 1. The molecule has 5 nitrogen and oxygen atoms in total. The molecule has 2 heterocycles. The van der Waals surface area contributed by atoms with Crippen LogP contribution in [0, 0.1) is 16.7 Å². The largest absolute Gasteiger partial charge is 0.504 e. The van der Waals surface area contributed by atoms with Crippen molar-refractivity contribution in [1.82, 2.24) is 5.32 Å². The Balaban J connectivity index is 1.65. The Morgan fingerprint density at radius 1 is 1.23 bits per heavy atom. The van der Waals surface area contributed by atoms with Gasteiger partial charge in [0.15, 0.2) is 11.5 Å². The number of aromatic hydroxyl groups is 1. The fourth-order valence-corrected chi connectivity index (χ4v) is 8.35. The van der Waals surface area contributed by atoms with Crippen molar-refractivity contribution in [3.63, 3.8) is 0 Å². The smallest absolute Gasteiger partial charge is 0.165 e. The van der Waals surface area contributed by atoms with E-state index in [0.717, 1.165) is 31.4 Å². The quantitative estimate of drug-likeness (QED) is 0.690. The summed E-state index contributed by atoms with van der Waals surface area (Å²) in [5, 5.41) is 26.7. The van der Waals surface area contributed by atoms with Crippen LogP contribution < -0.4 is 10.1 Å². The fourth-order valence-electron chi connectivity index (χ4n) is 8.35. The number of piperidine rings is 1. The van der Waals surface area contributed by atoms with E-state index < -0.39 is 41.1 Å². The Kier molecular flexibility index (Phi) is 2.92. The van der Waals surface area contributed by atoms with E-state index in [1.54, 1.807) is 6.07 Å². The van der Waals surface area contributed by atoms with Crippen molar-refractivity contribution in [3.05, 3.63) is 23.3 Å². The number of hydrogen-bond donors (Lipinski definition) is 3. The lowest BCUT2D eigenvalue weighted by molar-refractivity contribution is -0.303. The Morgan fingerprint density at radius 3 is 2.77 bits per heavy atom. The number of nitrogens with one attached hydrogen (secondary N) is 1. The van der Waals surface area contributed by atoms with Crippen LogP contribution in [-0.2, 0) is 16.6 Å². The topological polar surface area (TPSA) is 71.0 Å². The molecule has 0 amide bonds. The first-order valence-corrected chi connectivity index (χ1v) is 11.4. The number of rotatable bonds is 2. The second-order valence-corrected chi connectivity index (χ2v) is 11.7. The summed E-state index contributed by atoms with van der Waals surface area (Å²) in [5.41, 5.74) is -1.27. The lowest BCUT2D eigenvalue weighted by Gasteiger charge is -2.74. The number of ether oxygens (including phenoxy) is 2. The van der Waals surface area contributed by atoms with Crippen LogP contribution in [0.2, 0.25) is 0 Å². The number of benzene rings is 1. The minimum absolute atomic E-state index is 0.104. The van der Waals surface area contributed by atoms with Crippen LogP contribution in [0.5, 0.6) is 11.5 Å². The van der Waals surface area contributed by atoms with Crippen LogP contribution in [0.15, 0.2) is 12.1 Å². The molecule has 30 heavy (non-hydrogen) atoms. The monoisotopic (exact) mass is 416 g/mol. The molecule has 7 atom stereocenters. The van der Waals surface area contributed by atoms with Gasteiger partial charge >= 0.3 is 0 Å². The molecule has 4 bridgehead atoms. The predicted molar refractivity (Wildman–Crippen MR) is 114 cm³/mol. The zero-order valence-corrected chi connectivity index (χ0v) is 18.3. The molecule has 5 unspecified atom stereocenters. The molecule has 6 aliphatic rings. The molecule has 1 aromatic carbocycles. The van der Waals surface area contributed by atoms with Gasteiger partial charge in [0.25, 0.3) is 0 Å². The number of phenolic OH excluding ortho intramolecular Hbond substituents is 1. The zero-order valence-electron chi connectivity index (χ0n) is 21.3. The van der Waals surface area contributed by atoms with E-state index in [-0.39, 0.29) is 17.2 Å². The van der Waals surface area contributed by atoms with Crippen molar-refractivity contribution in [2.24, 2.45) is 16.7 Å². The predicted octanol–water partition coefficient (Wildman–Crippen LogP) is 3.29. The lowest BCUT2D eigenvalue weighted by atomic mass is 9.33. The Bertz CT molecular complexity index is 1030. The third kappa shape index (κ3) is 1.77. The standard InChI is InChI=1S/C25H35NO4/c1-21(2,3)22(4,28)16-13-23-8-9-25(16,29-5)20-24(23)10-11-26-17(23)12-14-6-7-15(27)19(30-20)18(14)24/h6-7,16-17,20,26-28H,8-13H2,1-5H3/t16?,17?,20?,22?,23?,24-,25+/m0/s1/i5D3. The number of phenols is 1. The summed E-state index contributed by atoms with van der Waals surface area (Å²) in [6, 6.07) is 3.90. The normalized spacial score (nSPS) is 46.8. The van der Waals surface area contributed by atoms with E-state index in [1.807, 2.05) is 33.8 Å². The molecule has 3 N–H and O–H groups in total. The minimum atomic E-state index is -2.63. The summed E-state index contributed by atoms with van der Waals surface area (Å²) in [5.74, 6) is 0.170. The van der Waals surface area contributed by atoms with Gasteiger partial charge in [-0.05, 0) is 62.6 Å². The zero-order chi connectivity index (χ0) is 23.8. The number of fused-ring (bicyclic) bond motifs is 2. The SMILES string of the molecule is [2H]C([2H])([2H])O[C@]12CCC3(CC1C(C)(O)C(C)(C)C)C1Cc4ccc(O)c5c4[C@@]3(CCN1)C2O5. The molecule has 5 heteroatoms. The molecule has 4 fully saturated rings. The highest BCUT2D eigenvalue weighted by Gasteiger charge is 2.81. The molecule has 7 rings (SSSR count). The molecule has 4 aliphatic carbocycles. The summed E-state index contributed by atoms with van der Waals surface area (Å²) in [7, 11) is -2.63. The third-order valence-corrected chi connectivity index (χ3v) is 10.2. The number of hydrogen-bond acceptors (Lipinski definition) is 5. The van der Waals surface area contributed by atoms with Crippen molar-refractivity contribution in [3.8, 4) is 11.5 Å². The molecule has 0 radical (unpaired) electrons. The van der Waals surface area contributed by atoms with Crippen molar-refractivity contribution in [2.45, 2.75) is 88.6 Å². The van der Waals surface area contributed by atoms with Crippen LogP contribution in [0.1, 0.15) is 68.6 Å². The number of methoxy groups -OCH3 is 1. The Labute approximate surface area is 183 Å². The lowest BCUT2D eigenvalue weighted by Crippen LogP contribution is -2.83. The summed E-state index contributed by atoms with van der Waals surface area (Å²) >= 11 is 0. The van der Waals surface area contributed by atoms with E-state index in [2.05, 4.69) is 5.32 Å². The molecule has 1 aromatic rings. The van der Waals surface area contributed by atoms with E-state index >= 15 is 0 Å². The highest BCUT2D eigenvalue weighted by Crippen LogP contribution is 2.77. The van der Waals surface area contributed by atoms with Crippen molar-refractivity contribution in [2.75, 3.05) is 13.6 Å². The van der Waals surface area contributed by atoms with E-state index in [0.29, 0.717) is 18.6 Å². The summed E-state index contributed by atoms with van der Waals surface area (Å²) in [6.45, 7) is 8.65. The molecule has 3 saturated carbocycles. The van der Waals surface area contributed by atoms with Gasteiger partial charge in [-0.3, -0.25) is 0 Å². The molecular formula is C25H35NO4. The van der Waals surface area contributed by atoms with Crippen LogP contribution in [0.3, 0.4) is 0 Å². The van der Waals surface area contributed by atoms with Crippen LogP contribution in [0.25, 0.3) is 0 Å². The van der Waals surface area contributed by atoms with Crippen molar-refractivity contribution >= 4 is 0 Å². The van der Waals surface area contributed by atoms with Gasteiger partial charge in [0.2, 0.25) is 0 Å². The fraction of sp³-hybridized carbons (Fsp3) is 0.760. The van der Waals surface area contributed by atoms with Crippen LogP contribution in [-0.4, -0.2) is 47.1 Å². The van der Waals surface area contributed by atoms with Gasteiger partial charge in [0, 0.05) is 35.4 Å². The van der Waals surface area contributed by atoms with Gasteiger partial charge in [-0.15, -0.1) is 0 Å². The first-order chi connectivity index (χ1) is 15.2. The van der Waals surface area contributed by atoms with Gasteiger partial charge in [-0.2, -0.15) is 0 Å². The molecular weight excluding hydrogens is 378 g/mol. The van der Waals surface area contributed by atoms with E-state index in [9.17, 15) is 10.2 Å². The maximum Gasteiger partial charge on any atom is 0.165 e. The molecule has 2 spiro atoms. The second kappa shape index (κ2) is 5.36. The van der Waals surface area contributed by atoms with Gasteiger partial charge in [0.05, 0.1) is 9.71 Å². The van der Waals surface area contributed by atoms with Crippen molar-refractivity contribution < 1.29 is 23.8 Å². The second-order valence-electron chi connectivity index (χ2n) is 11.7. The Morgan fingerprint density at radius 2 is 2.03 bits per heavy atom. The van der Waals surface area contributed by atoms with Gasteiger partial charge < -0.3 is 25.0 Å². The molecule has 0 aromatic heterocycles. The van der Waals surface area contributed by atoms with E-state index in [4.69, 9.17) is 13.6 Å². The van der Waals surface area contributed by atoms with Crippen LogP contribution in [0.4, 0.5) is 0 Å². The van der Waals surface area contributed by atoms with Gasteiger partial charge in [-0.25, -0.2) is 0 Å². The Hall–Kier alpha value is -1.30. The summed E-state index contributed by atoms with van der Waals surface area (Å²) < 4.78 is 37.1. The van der Waals surface area contributed by atoms with Gasteiger partial charge in [0.1, 0.15) is 11.7 Å². The average Bonchev–Trinajstić information content (AvgIpc) is 3.04. The van der Waals surface area contributed by atoms with Crippen molar-refractivity contribution in [1.29, 1.82) is 0 Å². The molecule has 164 valence electrons. The summed E-state index contributed by atoms with van der Waals surface area (Å²) in [6.07, 6.45) is 3.06. The maximum absolute atomic E-state index is 12.0. The average molecular weight is 417 g/mol. The molecule has 2 aliphatic heterocycles. The van der Waals surface area contributed by atoms with Crippen LogP contribution >= 0.6 is 0 Å². The highest BCUT2D eigenvalue weighted by molar-refractivity contribution is 5.63. The van der Waals surface area contributed by atoms with E-state index in [1.165, 1.54) is 5.56 Å². The minimum Gasteiger partial charge on any atom is -0.504 e. The first kappa shape index (κ1) is 16.3. The molecule has 1 saturated heterocycles. The highest BCUT2D eigenvalue weighted by atomic mass is 16.6.